The highest BCUT2D eigenvalue weighted by atomic mass is 16.2. The van der Waals surface area contributed by atoms with Gasteiger partial charge in [0.25, 0.3) is 0 Å². The van der Waals surface area contributed by atoms with Gasteiger partial charge in [-0.2, -0.15) is 0 Å². The molecule has 2 aliphatic heterocycles. The van der Waals surface area contributed by atoms with Crippen LogP contribution in [0.2, 0.25) is 0 Å². The van der Waals surface area contributed by atoms with E-state index < -0.39 is 0 Å². The van der Waals surface area contributed by atoms with Crippen LogP contribution in [-0.2, 0) is 6.54 Å². The van der Waals surface area contributed by atoms with Crippen LogP contribution in [0, 0.1) is 5.92 Å². The number of carbonyl (C=O) groups is 1. The van der Waals surface area contributed by atoms with E-state index in [4.69, 9.17) is 0 Å². The van der Waals surface area contributed by atoms with Crippen molar-refractivity contribution in [1.29, 1.82) is 0 Å². The molecular weight excluding hydrogens is 344 g/mol. The Morgan fingerprint density at radius 1 is 0.964 bits per heavy atom. The molecule has 3 heteroatoms. The van der Waals surface area contributed by atoms with Crippen molar-refractivity contribution >= 4 is 16.8 Å². The number of hydrogen-bond donors (Lipinski definition) is 0. The van der Waals surface area contributed by atoms with Gasteiger partial charge in [-0.15, -0.1) is 0 Å². The molecule has 1 aliphatic carbocycles. The van der Waals surface area contributed by atoms with Gasteiger partial charge in [-0.05, 0) is 48.9 Å². The predicted octanol–water partition coefficient (Wildman–Crippen LogP) is 5.17. The van der Waals surface area contributed by atoms with E-state index in [1.165, 1.54) is 41.6 Å². The van der Waals surface area contributed by atoms with Gasteiger partial charge in [0.05, 0.1) is 5.52 Å². The van der Waals surface area contributed by atoms with E-state index in [0.717, 1.165) is 30.9 Å². The minimum Gasteiger partial charge on any atom is -0.298 e. The third-order valence-electron chi connectivity index (χ3n) is 7.34. The molecule has 2 aromatic carbocycles. The quantitative estimate of drug-likeness (QED) is 0.622. The monoisotopic (exact) mass is 370 g/mol. The number of piperidine rings is 1. The number of hydrogen-bond acceptors (Lipinski definition) is 2. The number of fused-ring (bicyclic) bond motifs is 5. The molecule has 3 aliphatic rings. The number of para-hydroxylation sites is 1. The van der Waals surface area contributed by atoms with Crippen LogP contribution in [0.25, 0.3) is 10.9 Å². The summed E-state index contributed by atoms with van der Waals surface area (Å²) in [7, 11) is 0. The summed E-state index contributed by atoms with van der Waals surface area (Å²) >= 11 is 0. The van der Waals surface area contributed by atoms with Gasteiger partial charge >= 0.3 is 0 Å². The lowest BCUT2D eigenvalue weighted by atomic mass is 9.67. The number of carbonyl (C=O) groups excluding carboxylic acids is 1. The summed E-state index contributed by atoms with van der Waals surface area (Å²) in [6.45, 7) is 3.33. The zero-order chi connectivity index (χ0) is 18.7. The zero-order valence-corrected chi connectivity index (χ0v) is 16.2. The van der Waals surface area contributed by atoms with Gasteiger partial charge in [-0.25, -0.2) is 0 Å². The summed E-state index contributed by atoms with van der Waals surface area (Å²) in [5.74, 6) is 2.18. The fraction of sp³-hybridized carbons (Fsp3) is 0.400. The van der Waals surface area contributed by atoms with Crippen molar-refractivity contribution in [3.63, 3.8) is 0 Å². The molecule has 1 saturated heterocycles. The zero-order valence-electron chi connectivity index (χ0n) is 16.2. The largest absolute Gasteiger partial charge is 0.298 e. The first-order valence-electron chi connectivity index (χ1n) is 10.7. The second-order valence-electron chi connectivity index (χ2n) is 8.89. The molecule has 28 heavy (non-hydrogen) atoms. The molecule has 0 radical (unpaired) electrons. The summed E-state index contributed by atoms with van der Waals surface area (Å²) in [5.41, 5.74) is 5.40. The van der Waals surface area contributed by atoms with Gasteiger partial charge in [0, 0.05) is 42.4 Å². The molecule has 3 aromatic rings. The summed E-state index contributed by atoms with van der Waals surface area (Å²) in [6.07, 6.45) is 4.29. The van der Waals surface area contributed by atoms with Crippen molar-refractivity contribution in [3.05, 3.63) is 71.4 Å². The number of likely N-dealkylation sites (tertiary alicyclic amines) is 1. The van der Waals surface area contributed by atoms with Crippen LogP contribution >= 0.6 is 0 Å². The van der Waals surface area contributed by atoms with Crippen LogP contribution in [0.15, 0.2) is 54.6 Å². The lowest BCUT2D eigenvalue weighted by Gasteiger charge is -2.45. The average molecular weight is 370 g/mol. The Balaban J connectivity index is 1.43. The molecule has 3 atom stereocenters. The van der Waals surface area contributed by atoms with E-state index in [-0.39, 0.29) is 0 Å². The summed E-state index contributed by atoms with van der Waals surface area (Å²) in [4.78, 5) is 15.4. The van der Waals surface area contributed by atoms with Crippen LogP contribution in [0.1, 0.15) is 59.1 Å². The van der Waals surface area contributed by atoms with E-state index in [1.54, 1.807) is 0 Å². The Morgan fingerprint density at radius 2 is 1.79 bits per heavy atom. The van der Waals surface area contributed by atoms with Gasteiger partial charge in [-0.1, -0.05) is 48.5 Å². The van der Waals surface area contributed by atoms with Crippen molar-refractivity contribution in [2.24, 2.45) is 5.92 Å². The lowest BCUT2D eigenvalue weighted by molar-refractivity contribution is 0.0853. The van der Waals surface area contributed by atoms with E-state index >= 15 is 0 Å². The first-order chi connectivity index (χ1) is 13.8. The molecule has 0 saturated carbocycles. The molecule has 6 rings (SSSR count). The van der Waals surface area contributed by atoms with Crippen molar-refractivity contribution in [3.8, 4) is 0 Å². The van der Waals surface area contributed by atoms with Gasteiger partial charge in [0.1, 0.15) is 0 Å². The number of rotatable bonds is 2. The highest BCUT2D eigenvalue weighted by Gasteiger charge is 2.44. The fourth-order valence-electron chi connectivity index (χ4n) is 6.15. The maximum atomic E-state index is 12.8. The molecule has 3 nitrogen and oxygen atoms in total. The van der Waals surface area contributed by atoms with E-state index in [9.17, 15) is 4.79 Å². The van der Waals surface area contributed by atoms with Crippen LogP contribution in [0.3, 0.4) is 0 Å². The summed E-state index contributed by atoms with van der Waals surface area (Å²) < 4.78 is 2.09. The van der Waals surface area contributed by atoms with Gasteiger partial charge in [-0.3, -0.25) is 14.3 Å². The number of aromatic nitrogens is 1. The third kappa shape index (κ3) is 2.42. The normalized spacial score (nSPS) is 26.9. The number of nitrogens with zero attached hydrogens (tertiary/aromatic N) is 2. The molecule has 1 aromatic heterocycles. The van der Waals surface area contributed by atoms with Crippen molar-refractivity contribution in [1.82, 2.24) is 9.47 Å². The highest BCUT2D eigenvalue weighted by Crippen LogP contribution is 2.52. The molecule has 3 heterocycles. The molecule has 1 fully saturated rings. The van der Waals surface area contributed by atoms with E-state index in [1.807, 2.05) is 0 Å². The van der Waals surface area contributed by atoms with Crippen LogP contribution < -0.4 is 0 Å². The third-order valence-corrected chi connectivity index (χ3v) is 7.34. The SMILES string of the molecule is O=C1CC[C@H]2C[C@@H]3CCN(Cc4ccccc4)C[C@@H]3c3c2n1c1ccccc31. The average Bonchev–Trinajstić information content (AvgIpc) is 3.09. The number of benzene rings is 2. The van der Waals surface area contributed by atoms with E-state index in [0.29, 0.717) is 24.2 Å². The van der Waals surface area contributed by atoms with E-state index in [2.05, 4.69) is 64.1 Å². The Kier molecular flexibility index (Phi) is 3.73. The van der Waals surface area contributed by atoms with Gasteiger partial charge in [0.15, 0.2) is 0 Å². The van der Waals surface area contributed by atoms with Crippen LogP contribution in [0.5, 0.6) is 0 Å². The summed E-state index contributed by atoms with van der Waals surface area (Å²) in [6, 6.07) is 19.4. The van der Waals surface area contributed by atoms with Crippen molar-refractivity contribution < 1.29 is 4.79 Å². The Bertz CT molecular complexity index is 1050. The standard InChI is InChI=1S/C25H26N2O/c28-23-11-10-19-14-18-12-13-26(15-17-6-2-1-3-7-17)16-21(18)24-20-8-4-5-9-22(20)27(23)25(19)24/h1-9,18-19,21H,10-16H2/t18-,19-,21-/m0/s1. The smallest absolute Gasteiger partial charge is 0.231 e. The Hall–Kier alpha value is -2.39. The van der Waals surface area contributed by atoms with Gasteiger partial charge < -0.3 is 0 Å². The lowest BCUT2D eigenvalue weighted by Crippen LogP contribution is -2.42. The predicted molar refractivity (Wildman–Crippen MR) is 112 cm³/mol. The molecule has 0 N–H and O–H groups in total. The maximum Gasteiger partial charge on any atom is 0.231 e. The Labute approximate surface area is 166 Å². The van der Waals surface area contributed by atoms with Crippen LogP contribution in [0.4, 0.5) is 0 Å². The van der Waals surface area contributed by atoms with Crippen molar-refractivity contribution in [2.75, 3.05) is 13.1 Å². The molecule has 0 amide bonds. The first kappa shape index (κ1) is 16.6. The molecule has 0 spiro atoms. The fourth-order valence-corrected chi connectivity index (χ4v) is 6.15. The molecule has 0 unspecified atom stereocenters. The van der Waals surface area contributed by atoms with Crippen LogP contribution in [-0.4, -0.2) is 28.5 Å². The molecule has 142 valence electrons. The highest BCUT2D eigenvalue weighted by molar-refractivity contribution is 5.97. The topological polar surface area (TPSA) is 25.2 Å². The Morgan fingerprint density at radius 3 is 2.68 bits per heavy atom. The minimum atomic E-state index is 0.295. The molecule has 0 bridgehead atoms. The second-order valence-corrected chi connectivity index (χ2v) is 8.89. The molecular formula is C25H26N2O. The van der Waals surface area contributed by atoms with Crippen molar-refractivity contribution in [2.45, 2.75) is 44.1 Å². The summed E-state index contributed by atoms with van der Waals surface area (Å²) in [5, 5.41) is 1.33. The first-order valence-corrected chi connectivity index (χ1v) is 10.7. The van der Waals surface area contributed by atoms with Gasteiger partial charge in [0.2, 0.25) is 5.91 Å². The maximum absolute atomic E-state index is 12.8. The minimum absolute atomic E-state index is 0.295. The second kappa shape index (κ2) is 6.31.